The lowest BCUT2D eigenvalue weighted by Crippen LogP contribution is -2.42. The number of hydrogen-bond donors (Lipinski definition) is 2. The van der Waals surface area contributed by atoms with Crippen molar-refractivity contribution in [3.8, 4) is 0 Å². The molecule has 0 rings (SSSR count). The van der Waals surface area contributed by atoms with Gasteiger partial charge in [0.25, 0.3) is 0 Å². The Hall–Kier alpha value is -0.120. The summed E-state index contributed by atoms with van der Waals surface area (Å²) in [6.07, 6.45) is 3.02. The third-order valence-electron chi connectivity index (χ3n) is 2.57. The fourth-order valence-corrected chi connectivity index (χ4v) is 1.39. The number of aliphatic hydroxyl groups excluding tert-OH is 1. The molecule has 0 aromatic carbocycles. The summed E-state index contributed by atoms with van der Waals surface area (Å²) < 4.78 is 0. The fourth-order valence-electron chi connectivity index (χ4n) is 1.39. The zero-order valence-corrected chi connectivity index (χ0v) is 9.79. The maximum Gasteiger partial charge on any atom is 0.0743 e. The van der Waals surface area contributed by atoms with Gasteiger partial charge in [-0.15, -0.1) is 0 Å². The van der Waals surface area contributed by atoms with E-state index in [0.717, 1.165) is 25.8 Å². The van der Waals surface area contributed by atoms with Crippen molar-refractivity contribution < 1.29 is 10.2 Å². The van der Waals surface area contributed by atoms with Crippen LogP contribution in [-0.4, -0.2) is 47.0 Å². The molecule has 0 heterocycles. The molecule has 0 aromatic heterocycles. The fraction of sp³-hybridized carbons (Fsp3) is 1.00. The number of rotatable bonds is 8. The highest BCUT2D eigenvalue weighted by atomic mass is 16.3. The molecule has 1 atom stereocenters. The van der Waals surface area contributed by atoms with E-state index in [2.05, 4.69) is 11.8 Å². The van der Waals surface area contributed by atoms with E-state index >= 15 is 0 Å². The average Bonchev–Trinajstić information content (AvgIpc) is 2.14. The molecule has 0 amide bonds. The summed E-state index contributed by atoms with van der Waals surface area (Å²) in [5.41, 5.74) is -0.622. The molecule has 2 N–H and O–H groups in total. The zero-order valence-electron chi connectivity index (χ0n) is 9.79. The number of hydrogen-bond acceptors (Lipinski definition) is 3. The molecule has 0 saturated heterocycles. The van der Waals surface area contributed by atoms with Gasteiger partial charge in [-0.2, -0.15) is 0 Å². The summed E-state index contributed by atoms with van der Waals surface area (Å²) in [7, 11) is 0. The van der Waals surface area contributed by atoms with Crippen molar-refractivity contribution in [1.82, 2.24) is 4.90 Å². The lowest BCUT2D eigenvalue weighted by Gasteiger charge is -2.30. The van der Waals surface area contributed by atoms with Gasteiger partial charge in [0.05, 0.1) is 12.2 Å². The third kappa shape index (κ3) is 6.35. The minimum absolute atomic E-state index is 0.170. The molecule has 3 heteroatoms. The van der Waals surface area contributed by atoms with Crippen LogP contribution < -0.4 is 0 Å². The van der Waals surface area contributed by atoms with Gasteiger partial charge in [-0.05, 0) is 26.3 Å². The zero-order chi connectivity index (χ0) is 11.0. The predicted molar refractivity (Wildman–Crippen MR) is 59.3 cm³/mol. The Morgan fingerprint density at radius 2 is 1.86 bits per heavy atom. The maximum atomic E-state index is 9.90. The van der Waals surface area contributed by atoms with Crippen molar-refractivity contribution in [3.63, 3.8) is 0 Å². The molecule has 0 bridgehead atoms. The van der Waals surface area contributed by atoms with Gasteiger partial charge < -0.3 is 10.2 Å². The highest BCUT2D eigenvalue weighted by Gasteiger charge is 2.20. The summed E-state index contributed by atoms with van der Waals surface area (Å²) in [4.78, 5) is 2.13. The SMILES string of the molecule is CCCCN(CCO)CC(C)(O)CC. The van der Waals surface area contributed by atoms with E-state index in [1.54, 1.807) is 0 Å². The second-order valence-electron chi connectivity index (χ2n) is 4.20. The Bertz CT molecular complexity index is 137. The van der Waals surface area contributed by atoms with E-state index in [0.29, 0.717) is 13.1 Å². The lowest BCUT2D eigenvalue weighted by atomic mass is 10.0. The summed E-state index contributed by atoms with van der Waals surface area (Å²) >= 11 is 0. The molecule has 1 unspecified atom stereocenters. The van der Waals surface area contributed by atoms with Crippen LogP contribution in [0.2, 0.25) is 0 Å². The van der Waals surface area contributed by atoms with Gasteiger partial charge in [-0.25, -0.2) is 0 Å². The maximum absolute atomic E-state index is 9.90. The number of aliphatic hydroxyl groups is 2. The molecule has 0 aromatic rings. The second-order valence-corrected chi connectivity index (χ2v) is 4.20. The van der Waals surface area contributed by atoms with Crippen molar-refractivity contribution in [2.45, 2.75) is 45.6 Å². The minimum atomic E-state index is -0.622. The Balaban J connectivity index is 3.94. The van der Waals surface area contributed by atoms with Gasteiger partial charge in [-0.3, -0.25) is 4.90 Å². The quantitative estimate of drug-likeness (QED) is 0.624. The van der Waals surface area contributed by atoms with Crippen molar-refractivity contribution >= 4 is 0 Å². The van der Waals surface area contributed by atoms with Crippen LogP contribution in [0.1, 0.15) is 40.0 Å². The monoisotopic (exact) mass is 203 g/mol. The van der Waals surface area contributed by atoms with E-state index in [1.807, 2.05) is 13.8 Å². The van der Waals surface area contributed by atoms with E-state index in [-0.39, 0.29) is 6.61 Å². The summed E-state index contributed by atoms with van der Waals surface area (Å²) in [6.45, 7) is 8.44. The lowest BCUT2D eigenvalue weighted by molar-refractivity contribution is 0.0118. The molecule has 3 nitrogen and oxygen atoms in total. The summed E-state index contributed by atoms with van der Waals surface area (Å²) in [5.74, 6) is 0. The van der Waals surface area contributed by atoms with Gasteiger partial charge in [0.2, 0.25) is 0 Å². The molecule has 0 fully saturated rings. The van der Waals surface area contributed by atoms with Gasteiger partial charge in [0, 0.05) is 13.1 Å². The van der Waals surface area contributed by atoms with Crippen molar-refractivity contribution in [1.29, 1.82) is 0 Å². The first-order valence-corrected chi connectivity index (χ1v) is 5.61. The van der Waals surface area contributed by atoms with Crippen LogP contribution in [0.5, 0.6) is 0 Å². The van der Waals surface area contributed by atoms with Crippen LogP contribution in [0.25, 0.3) is 0 Å². The van der Waals surface area contributed by atoms with Gasteiger partial charge in [0.15, 0.2) is 0 Å². The molecule has 0 radical (unpaired) electrons. The summed E-state index contributed by atoms with van der Waals surface area (Å²) in [5, 5.41) is 18.8. The van der Waals surface area contributed by atoms with Gasteiger partial charge in [-0.1, -0.05) is 20.3 Å². The predicted octanol–water partition coefficient (Wildman–Crippen LogP) is 1.24. The first-order valence-electron chi connectivity index (χ1n) is 5.61. The second kappa shape index (κ2) is 7.21. The molecule has 0 aliphatic rings. The Morgan fingerprint density at radius 1 is 1.21 bits per heavy atom. The molecule has 86 valence electrons. The highest BCUT2D eigenvalue weighted by Crippen LogP contribution is 2.11. The van der Waals surface area contributed by atoms with Gasteiger partial charge in [0.1, 0.15) is 0 Å². The van der Waals surface area contributed by atoms with Crippen LogP contribution in [0, 0.1) is 0 Å². The number of nitrogens with zero attached hydrogens (tertiary/aromatic N) is 1. The standard InChI is InChI=1S/C11H25NO2/c1-4-6-7-12(8-9-13)10-11(3,14)5-2/h13-14H,4-10H2,1-3H3. The topological polar surface area (TPSA) is 43.7 Å². The molecular weight excluding hydrogens is 178 g/mol. The van der Waals surface area contributed by atoms with E-state index in [4.69, 9.17) is 5.11 Å². The Labute approximate surface area is 87.7 Å². The van der Waals surface area contributed by atoms with Gasteiger partial charge >= 0.3 is 0 Å². The van der Waals surface area contributed by atoms with Crippen LogP contribution >= 0.6 is 0 Å². The molecule has 0 saturated carbocycles. The minimum Gasteiger partial charge on any atom is -0.395 e. The Morgan fingerprint density at radius 3 is 2.29 bits per heavy atom. The van der Waals surface area contributed by atoms with Crippen molar-refractivity contribution in [2.24, 2.45) is 0 Å². The average molecular weight is 203 g/mol. The molecule has 14 heavy (non-hydrogen) atoms. The highest BCUT2D eigenvalue weighted by molar-refractivity contribution is 4.75. The smallest absolute Gasteiger partial charge is 0.0743 e. The first-order chi connectivity index (χ1) is 6.55. The van der Waals surface area contributed by atoms with E-state index in [9.17, 15) is 5.11 Å². The van der Waals surface area contributed by atoms with E-state index < -0.39 is 5.60 Å². The molecule has 0 spiro atoms. The van der Waals surface area contributed by atoms with Crippen molar-refractivity contribution in [3.05, 3.63) is 0 Å². The van der Waals surface area contributed by atoms with Crippen LogP contribution in [0.4, 0.5) is 0 Å². The molecular formula is C11H25NO2. The van der Waals surface area contributed by atoms with Crippen LogP contribution in [0.15, 0.2) is 0 Å². The van der Waals surface area contributed by atoms with E-state index in [1.165, 1.54) is 0 Å². The Kier molecular flexibility index (Phi) is 7.15. The first kappa shape index (κ1) is 13.9. The van der Waals surface area contributed by atoms with Crippen molar-refractivity contribution in [2.75, 3.05) is 26.2 Å². The normalized spacial score (nSPS) is 15.9. The third-order valence-corrected chi connectivity index (χ3v) is 2.57. The largest absolute Gasteiger partial charge is 0.395 e. The molecule has 0 aliphatic carbocycles. The number of unbranched alkanes of at least 4 members (excludes halogenated alkanes) is 1. The van der Waals surface area contributed by atoms with Crippen LogP contribution in [0.3, 0.4) is 0 Å². The summed E-state index contributed by atoms with van der Waals surface area (Å²) in [6, 6.07) is 0. The molecule has 0 aliphatic heterocycles. The van der Waals surface area contributed by atoms with Crippen LogP contribution in [-0.2, 0) is 0 Å².